The highest BCUT2D eigenvalue weighted by molar-refractivity contribution is 7.47. The minimum absolute atomic E-state index is 0.102. The van der Waals surface area contributed by atoms with Crippen LogP contribution in [0.25, 0.3) is 0 Å². The number of aliphatic hydroxyl groups is 1. The quantitative estimate of drug-likeness (QED) is 0.0169. The van der Waals surface area contributed by atoms with Crippen LogP contribution < -0.4 is 0 Å². The molecule has 0 aromatic heterocycles. The van der Waals surface area contributed by atoms with E-state index in [1.54, 1.807) is 0 Å². The second-order valence-electron chi connectivity index (χ2n) is 25.4. The lowest BCUT2D eigenvalue weighted by Crippen LogP contribution is -2.30. The molecule has 0 aliphatic carbocycles. The molecular formula is C71H134O17P2. The molecular weight excluding hydrogens is 1190 g/mol. The Labute approximate surface area is 548 Å². The molecule has 90 heavy (non-hydrogen) atoms. The molecule has 0 aliphatic rings. The first-order chi connectivity index (χ1) is 43.5. The van der Waals surface area contributed by atoms with Crippen LogP contribution in [0.5, 0.6) is 0 Å². The van der Waals surface area contributed by atoms with Gasteiger partial charge in [-0.15, -0.1) is 0 Å². The number of unbranched alkanes of at least 4 members (excludes halogenated alkanes) is 38. The molecule has 0 rings (SSSR count). The van der Waals surface area contributed by atoms with Gasteiger partial charge in [0, 0.05) is 25.7 Å². The van der Waals surface area contributed by atoms with Crippen molar-refractivity contribution in [3.8, 4) is 0 Å². The summed E-state index contributed by atoms with van der Waals surface area (Å²) in [6, 6.07) is 0. The molecule has 0 saturated carbocycles. The van der Waals surface area contributed by atoms with Crippen molar-refractivity contribution in [2.24, 2.45) is 5.92 Å². The average molecular weight is 1320 g/mol. The molecule has 0 amide bonds. The molecule has 5 atom stereocenters. The predicted octanol–water partition coefficient (Wildman–Crippen LogP) is 20.1. The Morgan fingerprint density at radius 3 is 0.911 bits per heavy atom. The van der Waals surface area contributed by atoms with Crippen LogP contribution in [0.4, 0.5) is 0 Å². The van der Waals surface area contributed by atoms with Gasteiger partial charge < -0.3 is 33.8 Å². The first-order valence-electron chi connectivity index (χ1n) is 36.5. The highest BCUT2D eigenvalue weighted by Crippen LogP contribution is 2.45. The summed E-state index contributed by atoms with van der Waals surface area (Å²) in [6.45, 7) is 7.07. The number of carbonyl (C=O) groups is 4. The Hall–Kier alpha value is -2.46. The maximum atomic E-state index is 13.0. The highest BCUT2D eigenvalue weighted by Gasteiger charge is 2.30. The average Bonchev–Trinajstić information content (AvgIpc) is 3.13. The van der Waals surface area contributed by atoms with E-state index < -0.39 is 97.5 Å². The van der Waals surface area contributed by atoms with Gasteiger partial charge in [-0.1, -0.05) is 290 Å². The smallest absolute Gasteiger partial charge is 0.462 e. The zero-order valence-corrected chi connectivity index (χ0v) is 59.5. The lowest BCUT2D eigenvalue weighted by Gasteiger charge is -2.21. The van der Waals surface area contributed by atoms with E-state index in [9.17, 15) is 43.2 Å². The van der Waals surface area contributed by atoms with Crippen molar-refractivity contribution in [2.75, 3.05) is 39.6 Å². The zero-order valence-electron chi connectivity index (χ0n) is 57.8. The van der Waals surface area contributed by atoms with Crippen LogP contribution >= 0.6 is 15.6 Å². The molecule has 0 aliphatic heterocycles. The van der Waals surface area contributed by atoms with Crippen LogP contribution in [0.2, 0.25) is 0 Å². The molecule has 0 saturated heterocycles. The second-order valence-corrected chi connectivity index (χ2v) is 28.3. The van der Waals surface area contributed by atoms with Crippen LogP contribution in [0, 0.1) is 5.92 Å². The number of aliphatic hydroxyl groups excluding tert-OH is 1. The SMILES string of the molecule is CCCCCC/C=C\C=C/CCCCCCCC(=O)OC[C@H](COP(=O)(O)OC[C@@H](O)COP(=O)(O)OC[C@@H](COC(=O)CCCCCCC)OC(=O)CCCCCCCCCCCC(C)C)OC(=O)CCCCCCCCCCCCCCCCCCCC. The van der Waals surface area contributed by atoms with Crippen LogP contribution in [-0.4, -0.2) is 96.7 Å². The monoisotopic (exact) mass is 1320 g/mol. The number of phosphoric ester groups is 2. The van der Waals surface area contributed by atoms with E-state index in [4.69, 9.17) is 37.0 Å². The molecule has 0 fully saturated rings. The standard InChI is InChI=1S/C71H134O17P2/c1-6-9-12-15-17-19-21-23-25-26-27-29-31-33-37-41-46-51-56-70(75)88-67(61-82-69(74)55-50-45-40-36-32-30-28-24-22-20-18-16-13-10-7-2)63-86-90(79,80)84-59-65(72)58-83-89(77,78)85-62-66(60-81-68(73)54-49-43-14-11-8-3)87-71(76)57-52-47-42-38-34-35-39-44-48-53-64(4)5/h20,22,24,28,64-67,72H,6-19,21,23,25-27,29-63H2,1-5H3,(H,77,78)(H,79,80)/b22-20-,28-24-/t65-,66+,67+/m0/s1. The van der Waals surface area contributed by atoms with E-state index in [2.05, 4.69) is 58.9 Å². The highest BCUT2D eigenvalue weighted by atomic mass is 31.2. The number of allylic oxidation sites excluding steroid dienone is 4. The second kappa shape index (κ2) is 63.9. The molecule has 0 aromatic rings. The first kappa shape index (κ1) is 87.5. The third-order valence-electron chi connectivity index (χ3n) is 15.9. The Kier molecular flexibility index (Phi) is 62.2. The van der Waals surface area contributed by atoms with Crippen molar-refractivity contribution in [1.82, 2.24) is 0 Å². The van der Waals surface area contributed by atoms with Gasteiger partial charge in [0.25, 0.3) is 0 Å². The number of phosphoric acid groups is 2. The van der Waals surface area contributed by atoms with Gasteiger partial charge in [-0.05, 0) is 57.3 Å². The molecule has 0 bridgehead atoms. The largest absolute Gasteiger partial charge is 0.472 e. The molecule has 0 aromatic carbocycles. The fraction of sp³-hybridized carbons (Fsp3) is 0.887. The van der Waals surface area contributed by atoms with Crippen molar-refractivity contribution in [3.63, 3.8) is 0 Å². The van der Waals surface area contributed by atoms with E-state index in [0.717, 1.165) is 121 Å². The van der Waals surface area contributed by atoms with Gasteiger partial charge in [-0.25, -0.2) is 9.13 Å². The lowest BCUT2D eigenvalue weighted by atomic mass is 10.0. The topological polar surface area (TPSA) is 237 Å². The maximum absolute atomic E-state index is 13.0. The summed E-state index contributed by atoms with van der Waals surface area (Å²) in [5.74, 6) is -1.43. The van der Waals surface area contributed by atoms with Gasteiger partial charge in [0.1, 0.15) is 19.3 Å². The van der Waals surface area contributed by atoms with Crippen molar-refractivity contribution >= 4 is 39.5 Å². The summed E-state index contributed by atoms with van der Waals surface area (Å²) < 4.78 is 68.1. The Balaban J connectivity index is 5.19. The third-order valence-corrected chi connectivity index (χ3v) is 17.8. The van der Waals surface area contributed by atoms with Gasteiger partial charge in [0.05, 0.1) is 26.4 Å². The van der Waals surface area contributed by atoms with Crippen LogP contribution in [-0.2, 0) is 65.4 Å². The lowest BCUT2D eigenvalue weighted by molar-refractivity contribution is -0.161. The molecule has 17 nitrogen and oxygen atoms in total. The molecule has 530 valence electrons. The minimum Gasteiger partial charge on any atom is -0.462 e. The van der Waals surface area contributed by atoms with E-state index >= 15 is 0 Å². The van der Waals surface area contributed by atoms with Crippen molar-refractivity contribution in [2.45, 2.75) is 361 Å². The van der Waals surface area contributed by atoms with Gasteiger partial charge in [0.2, 0.25) is 0 Å². The van der Waals surface area contributed by atoms with E-state index in [1.165, 1.54) is 141 Å². The fourth-order valence-corrected chi connectivity index (χ4v) is 11.9. The molecule has 0 spiro atoms. The number of carbonyl (C=O) groups excluding carboxylic acids is 4. The summed E-state index contributed by atoms with van der Waals surface area (Å²) in [5, 5.41) is 10.6. The van der Waals surface area contributed by atoms with E-state index in [-0.39, 0.29) is 25.7 Å². The third kappa shape index (κ3) is 64.3. The summed E-state index contributed by atoms with van der Waals surface area (Å²) >= 11 is 0. The van der Waals surface area contributed by atoms with Crippen molar-refractivity contribution in [1.29, 1.82) is 0 Å². The summed E-state index contributed by atoms with van der Waals surface area (Å²) in [4.78, 5) is 72.3. The molecule has 3 N–H and O–H groups in total. The molecule has 19 heteroatoms. The van der Waals surface area contributed by atoms with Gasteiger partial charge in [-0.2, -0.15) is 0 Å². The summed E-state index contributed by atoms with van der Waals surface area (Å²) in [5.41, 5.74) is 0. The van der Waals surface area contributed by atoms with Crippen LogP contribution in [0.3, 0.4) is 0 Å². The van der Waals surface area contributed by atoms with E-state index in [0.29, 0.717) is 25.7 Å². The Morgan fingerprint density at radius 1 is 0.344 bits per heavy atom. The maximum Gasteiger partial charge on any atom is 0.472 e. The predicted molar refractivity (Wildman–Crippen MR) is 363 cm³/mol. The zero-order chi connectivity index (χ0) is 66.3. The first-order valence-corrected chi connectivity index (χ1v) is 39.4. The number of rotatable bonds is 69. The van der Waals surface area contributed by atoms with E-state index in [1.807, 2.05) is 0 Å². The molecule has 0 heterocycles. The van der Waals surface area contributed by atoms with Crippen molar-refractivity contribution in [3.05, 3.63) is 24.3 Å². The number of esters is 4. The molecule has 2 unspecified atom stereocenters. The summed E-state index contributed by atoms with van der Waals surface area (Å²) in [7, 11) is -9.90. The molecule has 0 radical (unpaired) electrons. The number of hydrogen-bond donors (Lipinski definition) is 3. The minimum atomic E-state index is -4.96. The van der Waals surface area contributed by atoms with Gasteiger partial charge in [0.15, 0.2) is 12.2 Å². The Bertz CT molecular complexity index is 1830. The van der Waals surface area contributed by atoms with Crippen LogP contribution in [0.1, 0.15) is 343 Å². The normalized spacial score (nSPS) is 14.2. The van der Waals surface area contributed by atoms with Gasteiger partial charge in [-0.3, -0.25) is 37.3 Å². The van der Waals surface area contributed by atoms with Gasteiger partial charge >= 0.3 is 39.5 Å². The fourth-order valence-electron chi connectivity index (χ4n) is 10.3. The summed E-state index contributed by atoms with van der Waals surface area (Å²) in [6.07, 6.45) is 54.0. The van der Waals surface area contributed by atoms with Crippen LogP contribution in [0.15, 0.2) is 24.3 Å². The Morgan fingerprint density at radius 2 is 0.600 bits per heavy atom. The number of hydrogen-bond acceptors (Lipinski definition) is 15. The van der Waals surface area contributed by atoms with Crippen molar-refractivity contribution < 1.29 is 80.2 Å². The number of ether oxygens (including phenoxy) is 4.